The Morgan fingerprint density at radius 2 is 1.88 bits per heavy atom. The second-order valence-corrected chi connectivity index (χ2v) is 7.13. The molecule has 0 fully saturated rings. The molecule has 0 N–H and O–H groups in total. The van der Waals surface area contributed by atoms with Gasteiger partial charge in [-0.05, 0) is 30.7 Å². The molecule has 25 heavy (non-hydrogen) atoms. The van der Waals surface area contributed by atoms with Gasteiger partial charge in [0.2, 0.25) is 0 Å². The van der Waals surface area contributed by atoms with Crippen molar-refractivity contribution in [3.63, 3.8) is 0 Å². The van der Waals surface area contributed by atoms with Crippen LogP contribution in [0.4, 0.5) is 0 Å². The molecule has 134 valence electrons. The van der Waals surface area contributed by atoms with Crippen molar-refractivity contribution in [1.29, 1.82) is 0 Å². The summed E-state index contributed by atoms with van der Waals surface area (Å²) in [5.41, 5.74) is 1.86. The van der Waals surface area contributed by atoms with Crippen molar-refractivity contribution in [2.45, 2.75) is 11.8 Å². The first-order valence-corrected chi connectivity index (χ1v) is 9.25. The van der Waals surface area contributed by atoms with Crippen LogP contribution in [-0.4, -0.2) is 33.0 Å². The summed E-state index contributed by atoms with van der Waals surface area (Å²) in [6.07, 6.45) is 11.9. The molecule has 0 aliphatic heterocycles. The van der Waals surface area contributed by atoms with E-state index in [0.717, 1.165) is 11.1 Å². The predicted octanol–water partition coefficient (Wildman–Crippen LogP) is 4.00. The Labute approximate surface area is 151 Å². The number of methoxy groups -OCH3 is 1. The largest absolute Gasteiger partial charge is 0.381 e. The van der Waals surface area contributed by atoms with Crippen LogP contribution in [0.2, 0.25) is 0 Å². The number of benzene rings is 1. The molecule has 0 radical (unpaired) electrons. The third kappa shape index (κ3) is 6.57. The fourth-order valence-corrected chi connectivity index (χ4v) is 3.24. The molecule has 0 unspecified atom stereocenters. The van der Waals surface area contributed by atoms with Crippen LogP contribution < -0.4 is 0 Å². The number of nitrogens with zero attached hydrogens (tertiary/aromatic N) is 1. The Kier molecular flexibility index (Phi) is 8.67. The highest BCUT2D eigenvalue weighted by atomic mass is 32.2. The van der Waals surface area contributed by atoms with Gasteiger partial charge in [0.05, 0.1) is 18.0 Å². The number of hydrogen-bond donors (Lipinski definition) is 0. The van der Waals surface area contributed by atoms with Gasteiger partial charge in [0.1, 0.15) is 0 Å². The smallest absolute Gasteiger partial charge is 0.264 e. The maximum atomic E-state index is 12.9. The number of rotatable bonds is 10. The van der Waals surface area contributed by atoms with Gasteiger partial charge in [-0.1, -0.05) is 61.2 Å². The first-order valence-electron chi connectivity index (χ1n) is 7.81. The van der Waals surface area contributed by atoms with Gasteiger partial charge in [-0.3, -0.25) is 4.31 Å². The molecular weight excluding hydrogens is 334 g/mol. The van der Waals surface area contributed by atoms with Crippen molar-refractivity contribution < 1.29 is 13.2 Å². The minimum Gasteiger partial charge on any atom is -0.381 e. The molecule has 4 nitrogen and oxygen atoms in total. The van der Waals surface area contributed by atoms with Crippen LogP contribution >= 0.6 is 0 Å². The van der Waals surface area contributed by atoms with Gasteiger partial charge in [0.25, 0.3) is 10.0 Å². The number of sulfonamides is 1. The molecule has 1 aromatic rings. The molecule has 0 saturated carbocycles. The van der Waals surface area contributed by atoms with Crippen LogP contribution in [0.25, 0.3) is 0 Å². The second kappa shape index (κ2) is 10.5. The molecule has 0 aliphatic rings. The summed E-state index contributed by atoms with van der Waals surface area (Å²) in [5.74, 6) is 0. The lowest BCUT2D eigenvalue weighted by Gasteiger charge is -2.19. The van der Waals surface area contributed by atoms with E-state index in [2.05, 4.69) is 13.2 Å². The van der Waals surface area contributed by atoms with Crippen molar-refractivity contribution in [3.05, 3.63) is 91.2 Å². The Morgan fingerprint density at radius 1 is 1.20 bits per heavy atom. The van der Waals surface area contributed by atoms with E-state index in [1.54, 1.807) is 67.8 Å². The maximum Gasteiger partial charge on any atom is 0.264 e. The van der Waals surface area contributed by atoms with E-state index in [0.29, 0.717) is 6.61 Å². The SMILES string of the molecule is C=C/C=C(C=C)/C=C/CN(/C=C/COC)S(=O)(=O)c1ccc(C)cc1. The van der Waals surface area contributed by atoms with Gasteiger partial charge in [0, 0.05) is 13.3 Å². The van der Waals surface area contributed by atoms with Gasteiger partial charge in [-0.25, -0.2) is 8.42 Å². The normalized spacial score (nSPS) is 12.6. The molecule has 0 amide bonds. The van der Waals surface area contributed by atoms with Gasteiger partial charge < -0.3 is 4.74 Å². The molecular formula is C20H25NO3S. The van der Waals surface area contributed by atoms with Crippen LogP contribution in [-0.2, 0) is 14.8 Å². The zero-order valence-corrected chi connectivity index (χ0v) is 15.6. The van der Waals surface area contributed by atoms with Crippen LogP contribution in [0.3, 0.4) is 0 Å². The topological polar surface area (TPSA) is 46.6 Å². The summed E-state index contributed by atoms with van der Waals surface area (Å²) in [6, 6.07) is 6.78. The van der Waals surface area contributed by atoms with Crippen LogP contribution in [0, 0.1) is 6.92 Å². The second-order valence-electron chi connectivity index (χ2n) is 5.24. The maximum absolute atomic E-state index is 12.9. The molecule has 0 aliphatic carbocycles. The van der Waals surface area contributed by atoms with E-state index in [1.807, 2.05) is 6.92 Å². The number of aryl methyl sites for hydroxylation is 1. The zero-order valence-electron chi connectivity index (χ0n) is 14.8. The molecule has 0 spiro atoms. The highest BCUT2D eigenvalue weighted by Crippen LogP contribution is 2.17. The molecule has 0 bridgehead atoms. The quantitative estimate of drug-likeness (QED) is 0.593. The lowest BCUT2D eigenvalue weighted by Crippen LogP contribution is -2.26. The Bertz CT molecular complexity index is 757. The standard InChI is InChI=1S/C20H25NO3S/c1-5-9-19(6-2)10-7-15-21(16-8-17-24-4)25(22,23)20-13-11-18(3)12-14-20/h5-14,16H,1-2,15,17H2,3-4H3/b10-7+,16-8+,19-9+. The first-order chi connectivity index (χ1) is 12.0. The molecule has 1 aromatic carbocycles. The Hall–Kier alpha value is -2.37. The van der Waals surface area contributed by atoms with Crippen molar-refractivity contribution in [3.8, 4) is 0 Å². The van der Waals surface area contributed by atoms with Crippen molar-refractivity contribution in [2.24, 2.45) is 0 Å². The van der Waals surface area contributed by atoms with Gasteiger partial charge in [-0.15, -0.1) is 0 Å². The molecule has 0 heterocycles. The van der Waals surface area contributed by atoms with Crippen molar-refractivity contribution in [1.82, 2.24) is 4.31 Å². The van der Waals surface area contributed by atoms with Gasteiger partial charge in [0.15, 0.2) is 0 Å². The highest BCUT2D eigenvalue weighted by molar-refractivity contribution is 7.89. The molecule has 0 saturated heterocycles. The zero-order chi connectivity index (χ0) is 18.7. The summed E-state index contributed by atoms with van der Waals surface area (Å²) in [5, 5.41) is 0. The average molecular weight is 359 g/mol. The molecule has 0 atom stereocenters. The fourth-order valence-electron chi connectivity index (χ4n) is 1.96. The monoisotopic (exact) mass is 359 g/mol. The summed E-state index contributed by atoms with van der Waals surface area (Å²) in [7, 11) is -2.09. The lowest BCUT2D eigenvalue weighted by atomic mass is 10.2. The number of allylic oxidation sites excluding steroid dienone is 5. The van der Waals surface area contributed by atoms with Crippen LogP contribution in [0.15, 0.2) is 90.5 Å². The highest BCUT2D eigenvalue weighted by Gasteiger charge is 2.20. The van der Waals surface area contributed by atoms with E-state index in [-0.39, 0.29) is 11.4 Å². The fraction of sp³-hybridized carbons (Fsp3) is 0.200. The first kappa shape index (κ1) is 20.7. The summed E-state index contributed by atoms with van der Waals surface area (Å²) in [6.45, 7) is 9.79. The van der Waals surface area contributed by atoms with E-state index in [9.17, 15) is 8.42 Å². The summed E-state index contributed by atoms with van der Waals surface area (Å²) in [4.78, 5) is 0.249. The molecule has 5 heteroatoms. The minimum absolute atomic E-state index is 0.193. The average Bonchev–Trinajstić information content (AvgIpc) is 2.60. The lowest BCUT2D eigenvalue weighted by molar-refractivity contribution is 0.233. The molecule has 0 aromatic heterocycles. The summed E-state index contributed by atoms with van der Waals surface area (Å²) >= 11 is 0. The van der Waals surface area contributed by atoms with Gasteiger partial charge >= 0.3 is 0 Å². The van der Waals surface area contributed by atoms with E-state index >= 15 is 0 Å². The van der Waals surface area contributed by atoms with E-state index < -0.39 is 10.0 Å². The Morgan fingerprint density at radius 3 is 2.44 bits per heavy atom. The number of ether oxygens (including phenoxy) is 1. The van der Waals surface area contributed by atoms with Gasteiger partial charge in [-0.2, -0.15) is 0 Å². The van der Waals surface area contributed by atoms with Crippen molar-refractivity contribution in [2.75, 3.05) is 20.3 Å². The Balaban J connectivity index is 3.08. The van der Waals surface area contributed by atoms with Crippen LogP contribution in [0.5, 0.6) is 0 Å². The third-order valence-corrected chi connectivity index (χ3v) is 5.06. The minimum atomic E-state index is -3.64. The van der Waals surface area contributed by atoms with Crippen LogP contribution in [0.1, 0.15) is 5.56 Å². The predicted molar refractivity (Wildman–Crippen MR) is 104 cm³/mol. The van der Waals surface area contributed by atoms with Crippen molar-refractivity contribution >= 4 is 10.0 Å². The summed E-state index contributed by atoms with van der Waals surface area (Å²) < 4.78 is 32.0. The van der Waals surface area contributed by atoms with E-state index in [1.165, 1.54) is 10.5 Å². The molecule has 1 rings (SSSR count). The number of hydrogen-bond acceptors (Lipinski definition) is 3. The third-order valence-electron chi connectivity index (χ3n) is 3.30. The van der Waals surface area contributed by atoms with E-state index in [4.69, 9.17) is 4.74 Å².